The summed E-state index contributed by atoms with van der Waals surface area (Å²) in [5, 5.41) is 0. The molecule has 8 heteroatoms. The molecule has 2 aliphatic heterocycles. The van der Waals surface area contributed by atoms with Crippen molar-refractivity contribution in [2.24, 2.45) is 0 Å². The van der Waals surface area contributed by atoms with Gasteiger partial charge in [0.05, 0.1) is 30.9 Å². The number of nitrogens with zero attached hydrogens (tertiary/aromatic N) is 3. The van der Waals surface area contributed by atoms with Crippen LogP contribution >= 0.6 is 0 Å². The van der Waals surface area contributed by atoms with Gasteiger partial charge in [0.25, 0.3) is 11.8 Å². The number of amides is 3. The summed E-state index contributed by atoms with van der Waals surface area (Å²) in [5.41, 5.74) is 0.356. The lowest BCUT2D eigenvalue weighted by atomic mass is 10.1. The highest BCUT2D eigenvalue weighted by Gasteiger charge is 2.44. The Bertz CT molecular complexity index is 962. The number of imide groups is 1. The van der Waals surface area contributed by atoms with E-state index in [0.29, 0.717) is 25.4 Å². The molecular formula is C23H24FN3O4. The summed E-state index contributed by atoms with van der Waals surface area (Å²) in [6, 6.07) is 13.3. The first kappa shape index (κ1) is 21.1. The highest BCUT2D eigenvalue weighted by atomic mass is 19.1. The van der Waals surface area contributed by atoms with Crippen molar-refractivity contribution in [1.29, 1.82) is 0 Å². The molecule has 7 nitrogen and oxygen atoms in total. The Balaban J connectivity index is 1.60. The van der Waals surface area contributed by atoms with Crippen LogP contribution in [0.3, 0.4) is 0 Å². The number of para-hydroxylation sites is 1. The van der Waals surface area contributed by atoms with Gasteiger partial charge in [-0.05, 0) is 24.3 Å². The van der Waals surface area contributed by atoms with Gasteiger partial charge in [-0.2, -0.15) is 0 Å². The number of halogens is 1. The van der Waals surface area contributed by atoms with Gasteiger partial charge < -0.3 is 9.64 Å². The van der Waals surface area contributed by atoms with Gasteiger partial charge >= 0.3 is 0 Å². The summed E-state index contributed by atoms with van der Waals surface area (Å²) in [6.45, 7) is 3.35. The summed E-state index contributed by atoms with van der Waals surface area (Å²) >= 11 is 0. The van der Waals surface area contributed by atoms with Gasteiger partial charge in [0, 0.05) is 26.2 Å². The number of benzene rings is 2. The molecule has 1 atom stereocenters. The summed E-state index contributed by atoms with van der Waals surface area (Å²) in [6.07, 6.45) is -0.128. The number of hydrogen-bond donors (Lipinski definition) is 0. The fraction of sp³-hybridized carbons (Fsp3) is 0.348. The molecule has 0 radical (unpaired) electrons. The van der Waals surface area contributed by atoms with E-state index >= 15 is 0 Å². The van der Waals surface area contributed by atoms with E-state index in [2.05, 4.69) is 4.90 Å². The van der Waals surface area contributed by atoms with E-state index in [1.165, 1.54) is 23.1 Å². The predicted molar refractivity (Wildman–Crippen MR) is 112 cm³/mol. The van der Waals surface area contributed by atoms with Crippen LogP contribution in [0.25, 0.3) is 0 Å². The fourth-order valence-electron chi connectivity index (χ4n) is 3.97. The molecule has 31 heavy (non-hydrogen) atoms. The second-order valence-electron chi connectivity index (χ2n) is 7.56. The second-order valence-corrected chi connectivity index (χ2v) is 7.56. The van der Waals surface area contributed by atoms with E-state index in [-0.39, 0.29) is 24.4 Å². The molecule has 2 saturated heterocycles. The molecule has 2 heterocycles. The third-order valence-corrected chi connectivity index (χ3v) is 5.64. The zero-order valence-corrected chi connectivity index (χ0v) is 17.1. The predicted octanol–water partition coefficient (Wildman–Crippen LogP) is 1.93. The maximum Gasteiger partial charge on any atom is 0.257 e. The lowest BCUT2D eigenvalue weighted by molar-refractivity contribution is -0.122. The van der Waals surface area contributed by atoms with Gasteiger partial charge in [-0.3, -0.25) is 19.3 Å². The van der Waals surface area contributed by atoms with Crippen LogP contribution < -0.4 is 4.90 Å². The molecule has 1 unspecified atom stereocenters. The van der Waals surface area contributed by atoms with Gasteiger partial charge in [-0.15, -0.1) is 0 Å². The summed E-state index contributed by atoms with van der Waals surface area (Å²) in [7, 11) is 0. The Kier molecular flexibility index (Phi) is 6.39. The van der Waals surface area contributed by atoms with Gasteiger partial charge in [0.15, 0.2) is 0 Å². The molecule has 0 aromatic heterocycles. The Morgan fingerprint density at radius 2 is 1.71 bits per heavy atom. The molecular weight excluding hydrogens is 401 g/mol. The standard InChI is InChI=1S/C23H24FN3O4/c24-19-9-5-4-8-18(19)22(29)26(11-10-25-12-14-31-15-13-25)20-16-21(28)27(23(20)30)17-6-2-1-3-7-17/h1-9,20H,10-16H2. The van der Waals surface area contributed by atoms with Crippen molar-refractivity contribution in [1.82, 2.24) is 9.80 Å². The van der Waals surface area contributed by atoms with E-state index in [1.807, 2.05) is 0 Å². The van der Waals surface area contributed by atoms with Crippen molar-refractivity contribution >= 4 is 23.4 Å². The minimum atomic E-state index is -0.971. The Morgan fingerprint density at radius 1 is 1.03 bits per heavy atom. The quantitative estimate of drug-likeness (QED) is 0.662. The largest absolute Gasteiger partial charge is 0.379 e. The number of hydrogen-bond acceptors (Lipinski definition) is 5. The zero-order valence-electron chi connectivity index (χ0n) is 17.1. The van der Waals surface area contributed by atoms with Crippen molar-refractivity contribution in [3.8, 4) is 0 Å². The van der Waals surface area contributed by atoms with Gasteiger partial charge in [0.2, 0.25) is 5.91 Å². The number of ether oxygens (including phenoxy) is 1. The molecule has 2 fully saturated rings. The molecule has 3 amide bonds. The summed E-state index contributed by atoms with van der Waals surface area (Å²) < 4.78 is 19.7. The fourth-order valence-corrected chi connectivity index (χ4v) is 3.97. The monoisotopic (exact) mass is 425 g/mol. The zero-order chi connectivity index (χ0) is 21.8. The number of rotatable bonds is 6. The minimum absolute atomic E-state index is 0.108. The lowest BCUT2D eigenvalue weighted by Crippen LogP contribution is -2.49. The molecule has 0 spiro atoms. The van der Waals surface area contributed by atoms with Crippen LogP contribution in [0.15, 0.2) is 54.6 Å². The van der Waals surface area contributed by atoms with E-state index < -0.39 is 23.7 Å². The molecule has 0 bridgehead atoms. The maximum atomic E-state index is 14.4. The first-order valence-corrected chi connectivity index (χ1v) is 10.3. The Labute approximate surface area is 180 Å². The maximum absolute atomic E-state index is 14.4. The van der Waals surface area contributed by atoms with Crippen molar-refractivity contribution in [2.75, 3.05) is 44.3 Å². The molecule has 2 aromatic carbocycles. The Hall–Kier alpha value is -3.10. The third-order valence-electron chi connectivity index (χ3n) is 5.64. The molecule has 162 valence electrons. The highest BCUT2D eigenvalue weighted by Crippen LogP contribution is 2.27. The first-order valence-electron chi connectivity index (χ1n) is 10.3. The van der Waals surface area contributed by atoms with Gasteiger partial charge in [-0.25, -0.2) is 9.29 Å². The topological polar surface area (TPSA) is 70.2 Å². The molecule has 0 N–H and O–H groups in total. The second kappa shape index (κ2) is 9.36. The Morgan fingerprint density at radius 3 is 2.42 bits per heavy atom. The molecule has 0 aliphatic carbocycles. The highest BCUT2D eigenvalue weighted by molar-refractivity contribution is 6.23. The number of morpholine rings is 1. The normalized spacial score (nSPS) is 19.6. The third kappa shape index (κ3) is 4.50. The van der Waals surface area contributed by atoms with Gasteiger partial charge in [0.1, 0.15) is 11.9 Å². The average molecular weight is 425 g/mol. The van der Waals surface area contributed by atoms with Crippen LogP contribution in [-0.2, 0) is 14.3 Å². The van der Waals surface area contributed by atoms with Crippen molar-refractivity contribution in [2.45, 2.75) is 12.5 Å². The summed E-state index contributed by atoms with van der Waals surface area (Å²) in [5.74, 6) is -2.09. The number of carbonyl (C=O) groups is 3. The smallest absolute Gasteiger partial charge is 0.257 e. The van der Waals surface area contributed by atoms with Crippen LogP contribution in [0.1, 0.15) is 16.8 Å². The minimum Gasteiger partial charge on any atom is -0.379 e. The molecule has 2 aliphatic rings. The molecule has 0 saturated carbocycles. The van der Waals surface area contributed by atoms with E-state index in [1.54, 1.807) is 36.4 Å². The van der Waals surface area contributed by atoms with Crippen LogP contribution in [-0.4, -0.2) is 73.0 Å². The molecule has 4 rings (SSSR count). The van der Waals surface area contributed by atoms with E-state index in [0.717, 1.165) is 18.0 Å². The van der Waals surface area contributed by atoms with Crippen molar-refractivity contribution < 1.29 is 23.5 Å². The average Bonchev–Trinajstić information content (AvgIpc) is 3.09. The SMILES string of the molecule is O=C1CC(N(CCN2CCOCC2)C(=O)c2ccccc2F)C(=O)N1c1ccccc1. The molecule has 2 aromatic rings. The van der Waals surface area contributed by atoms with Crippen molar-refractivity contribution in [3.63, 3.8) is 0 Å². The summed E-state index contributed by atoms with van der Waals surface area (Å²) in [4.78, 5) is 43.8. The van der Waals surface area contributed by atoms with Crippen molar-refractivity contribution in [3.05, 3.63) is 66.0 Å². The number of anilines is 1. The van der Waals surface area contributed by atoms with Crippen LogP contribution in [0, 0.1) is 5.82 Å². The number of carbonyl (C=O) groups excluding carboxylic acids is 3. The van der Waals surface area contributed by atoms with Crippen LogP contribution in [0.5, 0.6) is 0 Å². The van der Waals surface area contributed by atoms with Crippen LogP contribution in [0.2, 0.25) is 0 Å². The van der Waals surface area contributed by atoms with E-state index in [9.17, 15) is 18.8 Å². The first-order chi connectivity index (χ1) is 15.1. The van der Waals surface area contributed by atoms with Crippen LogP contribution in [0.4, 0.5) is 10.1 Å². The van der Waals surface area contributed by atoms with Gasteiger partial charge in [-0.1, -0.05) is 30.3 Å². The van der Waals surface area contributed by atoms with E-state index in [4.69, 9.17) is 4.74 Å². The lowest BCUT2D eigenvalue weighted by Gasteiger charge is -2.32.